The van der Waals surface area contributed by atoms with Gasteiger partial charge in [0.25, 0.3) is 0 Å². The quantitative estimate of drug-likeness (QED) is 0.764. The van der Waals surface area contributed by atoms with Crippen molar-refractivity contribution in [3.63, 3.8) is 0 Å². The Morgan fingerprint density at radius 3 is 2.24 bits per heavy atom. The van der Waals surface area contributed by atoms with E-state index in [0.29, 0.717) is 0 Å². The minimum Gasteiger partial charge on any atom is -0.493 e. The van der Waals surface area contributed by atoms with Crippen molar-refractivity contribution < 1.29 is 5.11 Å². The minimum absolute atomic E-state index is 0.194. The second-order valence-corrected chi connectivity index (χ2v) is 5.36. The molecule has 3 aromatic rings. The Morgan fingerprint density at radius 2 is 1.57 bits per heavy atom. The maximum absolute atomic E-state index is 10.4. The van der Waals surface area contributed by atoms with E-state index in [-0.39, 0.29) is 5.88 Å². The predicted molar refractivity (Wildman–Crippen MR) is 84.9 cm³/mol. The maximum Gasteiger partial charge on any atom is 0.217 e. The zero-order chi connectivity index (χ0) is 15.0. The minimum atomic E-state index is 0.194. The van der Waals surface area contributed by atoms with Gasteiger partial charge in [-0.3, -0.25) is 0 Å². The zero-order valence-corrected chi connectivity index (χ0v) is 12.5. The summed E-state index contributed by atoms with van der Waals surface area (Å²) in [7, 11) is 0. The van der Waals surface area contributed by atoms with Crippen LogP contribution in [0.5, 0.6) is 5.88 Å². The summed E-state index contributed by atoms with van der Waals surface area (Å²) in [5, 5.41) is 15.0. The summed E-state index contributed by atoms with van der Waals surface area (Å²) in [6.07, 6.45) is 0. The molecule has 2 aromatic carbocycles. The molecule has 21 heavy (non-hydrogen) atoms. The second-order valence-electron chi connectivity index (χ2n) is 5.36. The molecule has 0 radical (unpaired) electrons. The Balaban J connectivity index is 2.16. The summed E-state index contributed by atoms with van der Waals surface area (Å²) in [5.41, 5.74) is 5.81. The number of hydrogen-bond donors (Lipinski definition) is 1. The Morgan fingerprint density at radius 1 is 0.905 bits per heavy atom. The smallest absolute Gasteiger partial charge is 0.217 e. The Labute approximate surface area is 124 Å². The molecule has 106 valence electrons. The molecule has 1 N–H and O–H groups in total. The number of rotatable bonds is 2. The van der Waals surface area contributed by atoms with Crippen LogP contribution >= 0.6 is 0 Å². The third kappa shape index (κ3) is 2.31. The first-order valence-corrected chi connectivity index (χ1v) is 6.99. The van der Waals surface area contributed by atoms with E-state index in [1.54, 1.807) is 4.68 Å². The summed E-state index contributed by atoms with van der Waals surface area (Å²) in [6.45, 7) is 5.96. The molecule has 0 bridgehead atoms. The zero-order valence-electron chi connectivity index (χ0n) is 12.5. The van der Waals surface area contributed by atoms with Crippen molar-refractivity contribution >= 4 is 0 Å². The standard InChI is InChI=1S/C18H18N2O/c1-12-8-10-15(11-9-12)17-14(3)18(21)20(19-17)16-7-5-4-6-13(16)2/h4-11,21H,1-3H3. The van der Waals surface area contributed by atoms with Crippen LogP contribution in [0.1, 0.15) is 16.7 Å². The fourth-order valence-corrected chi connectivity index (χ4v) is 2.44. The number of aromatic hydroxyl groups is 1. The average molecular weight is 278 g/mol. The van der Waals surface area contributed by atoms with Gasteiger partial charge in [0.15, 0.2) is 0 Å². The number of hydrogen-bond acceptors (Lipinski definition) is 2. The molecule has 1 aromatic heterocycles. The van der Waals surface area contributed by atoms with Gasteiger partial charge in [-0.2, -0.15) is 5.10 Å². The first kappa shape index (κ1) is 13.4. The van der Waals surface area contributed by atoms with E-state index in [9.17, 15) is 5.11 Å². The molecule has 0 saturated heterocycles. The third-order valence-electron chi connectivity index (χ3n) is 3.76. The summed E-state index contributed by atoms with van der Waals surface area (Å²) in [6, 6.07) is 16.1. The van der Waals surface area contributed by atoms with Gasteiger partial charge in [-0.1, -0.05) is 48.0 Å². The van der Waals surface area contributed by atoms with Crippen molar-refractivity contribution in [3.05, 3.63) is 65.2 Å². The van der Waals surface area contributed by atoms with Crippen LogP contribution in [0.3, 0.4) is 0 Å². The number of benzene rings is 2. The van der Waals surface area contributed by atoms with E-state index >= 15 is 0 Å². The SMILES string of the molecule is Cc1ccc(-c2nn(-c3ccccc3C)c(O)c2C)cc1. The molecule has 0 amide bonds. The summed E-state index contributed by atoms with van der Waals surface area (Å²) in [4.78, 5) is 0. The van der Waals surface area contributed by atoms with Crippen LogP contribution in [0.15, 0.2) is 48.5 Å². The highest BCUT2D eigenvalue weighted by Gasteiger charge is 2.16. The molecule has 3 heteroatoms. The summed E-state index contributed by atoms with van der Waals surface area (Å²) < 4.78 is 1.61. The first-order chi connectivity index (χ1) is 10.1. The molecule has 0 spiro atoms. The van der Waals surface area contributed by atoms with E-state index in [1.807, 2.05) is 50.2 Å². The number of para-hydroxylation sites is 1. The average Bonchev–Trinajstić information content (AvgIpc) is 2.77. The van der Waals surface area contributed by atoms with Crippen LogP contribution in [-0.4, -0.2) is 14.9 Å². The van der Waals surface area contributed by atoms with Gasteiger partial charge in [0, 0.05) is 11.1 Å². The van der Waals surface area contributed by atoms with Gasteiger partial charge in [0.2, 0.25) is 5.88 Å². The topological polar surface area (TPSA) is 38.0 Å². The van der Waals surface area contributed by atoms with Crippen molar-refractivity contribution in [2.45, 2.75) is 20.8 Å². The monoisotopic (exact) mass is 278 g/mol. The lowest BCUT2D eigenvalue weighted by atomic mass is 10.1. The molecular weight excluding hydrogens is 260 g/mol. The van der Waals surface area contributed by atoms with Gasteiger partial charge < -0.3 is 5.11 Å². The molecule has 3 rings (SSSR count). The van der Waals surface area contributed by atoms with E-state index in [2.05, 4.69) is 24.2 Å². The summed E-state index contributed by atoms with van der Waals surface area (Å²) >= 11 is 0. The van der Waals surface area contributed by atoms with Gasteiger partial charge in [-0.25, -0.2) is 4.68 Å². The van der Waals surface area contributed by atoms with Gasteiger partial charge in [-0.05, 0) is 32.4 Å². The first-order valence-electron chi connectivity index (χ1n) is 6.99. The lowest BCUT2D eigenvalue weighted by molar-refractivity contribution is 0.430. The van der Waals surface area contributed by atoms with Gasteiger partial charge in [0.1, 0.15) is 0 Å². The number of aryl methyl sites for hydroxylation is 2. The Kier molecular flexibility index (Phi) is 3.26. The van der Waals surface area contributed by atoms with Crippen LogP contribution in [0.4, 0.5) is 0 Å². The fourth-order valence-electron chi connectivity index (χ4n) is 2.44. The molecule has 0 unspecified atom stereocenters. The van der Waals surface area contributed by atoms with Crippen LogP contribution in [0.25, 0.3) is 16.9 Å². The molecule has 0 aliphatic rings. The van der Waals surface area contributed by atoms with E-state index < -0.39 is 0 Å². The van der Waals surface area contributed by atoms with Crippen molar-refractivity contribution in [2.75, 3.05) is 0 Å². The Hall–Kier alpha value is -2.55. The van der Waals surface area contributed by atoms with E-state index in [4.69, 9.17) is 0 Å². The van der Waals surface area contributed by atoms with Crippen molar-refractivity contribution in [2.24, 2.45) is 0 Å². The number of aromatic nitrogens is 2. The highest BCUT2D eigenvalue weighted by molar-refractivity contribution is 5.66. The lowest BCUT2D eigenvalue weighted by Crippen LogP contribution is -1.98. The predicted octanol–water partition coefficient (Wildman–Crippen LogP) is 4.17. The maximum atomic E-state index is 10.4. The normalized spacial score (nSPS) is 10.8. The molecule has 1 heterocycles. The van der Waals surface area contributed by atoms with E-state index in [0.717, 1.165) is 28.1 Å². The van der Waals surface area contributed by atoms with Crippen LogP contribution in [0, 0.1) is 20.8 Å². The third-order valence-corrected chi connectivity index (χ3v) is 3.76. The molecule has 0 aliphatic carbocycles. The number of nitrogens with zero attached hydrogens (tertiary/aromatic N) is 2. The molecule has 3 nitrogen and oxygen atoms in total. The second kappa shape index (κ2) is 5.09. The van der Waals surface area contributed by atoms with Gasteiger partial charge >= 0.3 is 0 Å². The van der Waals surface area contributed by atoms with Crippen LogP contribution in [0.2, 0.25) is 0 Å². The van der Waals surface area contributed by atoms with Crippen LogP contribution in [-0.2, 0) is 0 Å². The Bertz CT molecular complexity index is 785. The molecule has 0 fully saturated rings. The lowest BCUT2D eigenvalue weighted by Gasteiger charge is -2.06. The molecule has 0 aliphatic heterocycles. The highest BCUT2D eigenvalue weighted by Crippen LogP contribution is 2.31. The summed E-state index contributed by atoms with van der Waals surface area (Å²) in [5.74, 6) is 0.194. The van der Waals surface area contributed by atoms with Crippen molar-refractivity contribution in [1.82, 2.24) is 9.78 Å². The van der Waals surface area contributed by atoms with Crippen molar-refractivity contribution in [3.8, 4) is 22.8 Å². The largest absolute Gasteiger partial charge is 0.493 e. The molecule has 0 atom stereocenters. The van der Waals surface area contributed by atoms with Crippen molar-refractivity contribution in [1.29, 1.82) is 0 Å². The molecular formula is C18H18N2O. The van der Waals surface area contributed by atoms with Gasteiger partial charge in [0.05, 0.1) is 11.4 Å². The fraction of sp³-hybridized carbons (Fsp3) is 0.167. The highest BCUT2D eigenvalue weighted by atomic mass is 16.3. The molecule has 0 saturated carbocycles. The van der Waals surface area contributed by atoms with E-state index in [1.165, 1.54) is 5.56 Å². The van der Waals surface area contributed by atoms with Crippen LogP contribution < -0.4 is 0 Å². The van der Waals surface area contributed by atoms with Gasteiger partial charge in [-0.15, -0.1) is 0 Å².